The fraction of sp³-hybridized carbons (Fsp3) is 0.440. The van der Waals surface area contributed by atoms with Crippen LogP contribution in [-0.4, -0.2) is 6.17 Å². The predicted octanol–water partition coefficient (Wildman–Crippen LogP) is 7.94. The molecule has 1 aliphatic rings. The summed E-state index contributed by atoms with van der Waals surface area (Å²) in [7, 11) is 0. The summed E-state index contributed by atoms with van der Waals surface area (Å²) in [6, 6.07) is 17.7. The summed E-state index contributed by atoms with van der Waals surface area (Å²) in [5.41, 5.74) is 5.15. The van der Waals surface area contributed by atoms with Gasteiger partial charge in [0.15, 0.2) is 0 Å². The van der Waals surface area contributed by atoms with Crippen molar-refractivity contribution in [3.8, 4) is 11.1 Å². The minimum absolute atomic E-state index is 0.538. The Morgan fingerprint density at radius 2 is 1.46 bits per heavy atom. The van der Waals surface area contributed by atoms with Gasteiger partial charge in [-0.3, -0.25) is 0 Å². The van der Waals surface area contributed by atoms with E-state index >= 15 is 0 Å². The van der Waals surface area contributed by atoms with Gasteiger partial charge in [0.05, 0.1) is 0 Å². The van der Waals surface area contributed by atoms with E-state index in [1.165, 1.54) is 47.9 Å². The zero-order valence-electron chi connectivity index (χ0n) is 16.0. The van der Waals surface area contributed by atoms with Gasteiger partial charge in [-0.15, -0.1) is 0 Å². The molecule has 0 N–H and O–H groups in total. The molecule has 1 fully saturated rings. The Bertz CT molecular complexity index is 673. The number of hydrogen-bond acceptors (Lipinski definition) is 0. The molecule has 2 aromatic rings. The van der Waals surface area contributed by atoms with Crippen LogP contribution in [0, 0.1) is 0 Å². The van der Waals surface area contributed by atoms with Crippen LogP contribution in [0.4, 0.5) is 4.39 Å². The average molecular weight is 351 g/mol. The van der Waals surface area contributed by atoms with Crippen LogP contribution in [-0.2, 0) is 0 Å². The molecule has 0 spiro atoms. The van der Waals surface area contributed by atoms with Crippen molar-refractivity contribution in [1.29, 1.82) is 0 Å². The second-order valence-electron chi connectivity index (χ2n) is 7.59. The number of unbranched alkanes of at least 4 members (excludes halogenated alkanes) is 3. The highest BCUT2D eigenvalue weighted by Crippen LogP contribution is 2.34. The van der Waals surface area contributed by atoms with Gasteiger partial charge in [0.1, 0.15) is 6.17 Å². The van der Waals surface area contributed by atoms with Gasteiger partial charge in [-0.25, -0.2) is 4.39 Å². The maximum atomic E-state index is 13.3. The maximum absolute atomic E-state index is 13.3. The van der Waals surface area contributed by atoms with E-state index in [0.717, 1.165) is 25.7 Å². The molecule has 1 heteroatoms. The van der Waals surface area contributed by atoms with Crippen molar-refractivity contribution in [2.45, 2.75) is 70.4 Å². The van der Waals surface area contributed by atoms with Crippen LogP contribution in [0.25, 0.3) is 17.2 Å². The van der Waals surface area contributed by atoms with Gasteiger partial charge >= 0.3 is 0 Å². The molecule has 0 radical (unpaired) electrons. The minimum Gasteiger partial charge on any atom is -0.247 e. The zero-order valence-corrected chi connectivity index (χ0v) is 16.0. The van der Waals surface area contributed by atoms with Gasteiger partial charge in [0.25, 0.3) is 0 Å². The third-order valence-electron chi connectivity index (χ3n) is 5.57. The first kappa shape index (κ1) is 18.9. The van der Waals surface area contributed by atoms with Crippen molar-refractivity contribution in [1.82, 2.24) is 0 Å². The lowest BCUT2D eigenvalue weighted by Crippen LogP contribution is -2.13. The molecule has 0 aromatic heterocycles. The normalized spacial score (nSPS) is 20.5. The Balaban J connectivity index is 1.58. The molecule has 0 aliphatic heterocycles. The van der Waals surface area contributed by atoms with Crippen LogP contribution >= 0.6 is 0 Å². The summed E-state index contributed by atoms with van der Waals surface area (Å²) in [5, 5.41) is 0. The number of rotatable bonds is 7. The second kappa shape index (κ2) is 9.71. The first-order chi connectivity index (χ1) is 12.8. The van der Waals surface area contributed by atoms with Crippen LogP contribution in [0.2, 0.25) is 0 Å². The second-order valence-corrected chi connectivity index (χ2v) is 7.59. The fourth-order valence-corrected chi connectivity index (χ4v) is 3.85. The molecule has 2 aromatic carbocycles. The largest absolute Gasteiger partial charge is 0.247 e. The van der Waals surface area contributed by atoms with Crippen molar-refractivity contribution in [3.63, 3.8) is 0 Å². The van der Waals surface area contributed by atoms with Crippen molar-refractivity contribution >= 4 is 6.08 Å². The molecule has 0 nitrogen and oxygen atoms in total. The Hall–Kier alpha value is -1.89. The smallest absolute Gasteiger partial charge is 0.100 e. The maximum Gasteiger partial charge on any atom is 0.100 e. The summed E-state index contributed by atoms with van der Waals surface area (Å²) in [6.45, 7) is 2.24. The van der Waals surface area contributed by atoms with Crippen LogP contribution in [0.1, 0.15) is 75.3 Å². The van der Waals surface area contributed by atoms with Gasteiger partial charge in [-0.2, -0.15) is 0 Å². The van der Waals surface area contributed by atoms with Gasteiger partial charge in [0.2, 0.25) is 0 Å². The number of benzene rings is 2. The van der Waals surface area contributed by atoms with Crippen molar-refractivity contribution < 1.29 is 4.39 Å². The lowest BCUT2D eigenvalue weighted by atomic mass is 9.83. The van der Waals surface area contributed by atoms with Crippen LogP contribution in [0.5, 0.6) is 0 Å². The molecule has 0 atom stereocenters. The summed E-state index contributed by atoms with van der Waals surface area (Å²) >= 11 is 0. The molecule has 1 saturated carbocycles. The van der Waals surface area contributed by atoms with E-state index < -0.39 is 6.17 Å². The van der Waals surface area contributed by atoms with E-state index in [-0.39, 0.29) is 0 Å². The SMILES string of the molecule is CCCCCC=Cc1ccc(-c2ccc(C3CCC(F)CC3)cc2)cc1. The highest BCUT2D eigenvalue weighted by molar-refractivity contribution is 5.66. The standard InChI is InChI=1S/C25H31F/c1-2-3-4-5-6-7-20-8-10-21(11-9-20)22-12-14-23(15-13-22)24-16-18-25(26)19-17-24/h6-15,24-25H,2-5,16-19H2,1H3. The first-order valence-corrected chi connectivity index (χ1v) is 10.3. The molecule has 0 heterocycles. The zero-order chi connectivity index (χ0) is 18.2. The topological polar surface area (TPSA) is 0 Å². The van der Waals surface area contributed by atoms with E-state index in [1.807, 2.05) is 0 Å². The fourth-order valence-electron chi connectivity index (χ4n) is 3.85. The molecule has 0 amide bonds. The van der Waals surface area contributed by atoms with Gasteiger partial charge in [-0.05, 0) is 66.7 Å². The van der Waals surface area contributed by atoms with E-state index in [4.69, 9.17) is 0 Å². The molecular formula is C25H31F. The van der Waals surface area contributed by atoms with Crippen molar-refractivity contribution in [2.75, 3.05) is 0 Å². The lowest BCUT2D eigenvalue weighted by molar-refractivity contribution is 0.235. The van der Waals surface area contributed by atoms with E-state index in [9.17, 15) is 4.39 Å². The lowest BCUT2D eigenvalue weighted by Gasteiger charge is -2.24. The number of allylic oxidation sites excluding steroid dienone is 1. The van der Waals surface area contributed by atoms with Crippen LogP contribution in [0.3, 0.4) is 0 Å². The quantitative estimate of drug-likeness (QED) is 0.444. The van der Waals surface area contributed by atoms with E-state index in [1.54, 1.807) is 0 Å². The monoisotopic (exact) mass is 350 g/mol. The summed E-state index contributed by atoms with van der Waals surface area (Å²) < 4.78 is 13.3. The summed E-state index contributed by atoms with van der Waals surface area (Å²) in [4.78, 5) is 0. The number of hydrogen-bond donors (Lipinski definition) is 0. The van der Waals surface area contributed by atoms with Gasteiger partial charge in [-0.1, -0.05) is 80.4 Å². The summed E-state index contributed by atoms with van der Waals surface area (Å²) in [5.74, 6) is 0.538. The van der Waals surface area contributed by atoms with Crippen LogP contribution < -0.4 is 0 Å². The Morgan fingerprint density at radius 1 is 0.846 bits per heavy atom. The molecule has 26 heavy (non-hydrogen) atoms. The molecule has 3 rings (SSSR count). The molecule has 1 aliphatic carbocycles. The Morgan fingerprint density at radius 3 is 2.08 bits per heavy atom. The molecule has 0 bridgehead atoms. The van der Waals surface area contributed by atoms with Gasteiger partial charge in [0, 0.05) is 0 Å². The molecule has 138 valence electrons. The molecule has 0 saturated heterocycles. The Labute approximate surface area is 158 Å². The summed E-state index contributed by atoms with van der Waals surface area (Å²) in [6.07, 6.45) is 12.4. The van der Waals surface area contributed by atoms with E-state index in [2.05, 4.69) is 67.6 Å². The van der Waals surface area contributed by atoms with E-state index in [0.29, 0.717) is 5.92 Å². The number of alkyl halides is 1. The minimum atomic E-state index is -0.579. The van der Waals surface area contributed by atoms with Gasteiger partial charge < -0.3 is 0 Å². The van der Waals surface area contributed by atoms with Crippen molar-refractivity contribution in [2.24, 2.45) is 0 Å². The Kier molecular flexibility index (Phi) is 7.05. The third-order valence-corrected chi connectivity index (χ3v) is 5.57. The predicted molar refractivity (Wildman–Crippen MR) is 111 cm³/mol. The number of halogens is 1. The highest BCUT2D eigenvalue weighted by atomic mass is 19.1. The van der Waals surface area contributed by atoms with Crippen molar-refractivity contribution in [3.05, 3.63) is 65.7 Å². The molecular weight excluding hydrogens is 319 g/mol. The van der Waals surface area contributed by atoms with Crippen LogP contribution in [0.15, 0.2) is 54.6 Å². The average Bonchev–Trinajstić information content (AvgIpc) is 2.69. The first-order valence-electron chi connectivity index (χ1n) is 10.3. The highest BCUT2D eigenvalue weighted by Gasteiger charge is 2.21. The third kappa shape index (κ3) is 5.30. The molecule has 0 unspecified atom stereocenters.